The van der Waals surface area contributed by atoms with Crippen LogP contribution in [0, 0.1) is 0 Å². The molecule has 2 N–H and O–H groups in total. The minimum absolute atomic E-state index is 0.324. The van der Waals surface area contributed by atoms with Crippen LogP contribution >= 0.6 is 0 Å². The Morgan fingerprint density at radius 2 is 2.26 bits per heavy atom. The number of allylic oxidation sites excluding steroid dienone is 1. The van der Waals surface area contributed by atoms with Crippen molar-refractivity contribution in [3.63, 3.8) is 0 Å². The monoisotopic (exact) mass is 310 g/mol. The number of nitrogens with zero attached hydrogens (tertiary/aromatic N) is 2. The van der Waals surface area contributed by atoms with Crippen molar-refractivity contribution in [3.8, 4) is 5.75 Å². The van der Waals surface area contributed by atoms with Crippen LogP contribution in [-0.2, 0) is 0 Å². The Kier molecular flexibility index (Phi) is 4.52. The number of aromatic amines is 1. The molecule has 6 heteroatoms. The largest absolute Gasteiger partial charge is 0.496 e. The molecule has 6 nitrogen and oxygen atoms in total. The van der Waals surface area contributed by atoms with Crippen molar-refractivity contribution in [2.45, 2.75) is 18.8 Å². The maximum absolute atomic E-state index is 11.9. The fraction of sp³-hybridized carbons (Fsp3) is 0.235. The van der Waals surface area contributed by atoms with Gasteiger partial charge in [0, 0.05) is 23.4 Å². The van der Waals surface area contributed by atoms with E-state index in [1.807, 2.05) is 30.3 Å². The van der Waals surface area contributed by atoms with Gasteiger partial charge in [0.15, 0.2) is 5.69 Å². The number of hydrogen-bond acceptors (Lipinski definition) is 4. The summed E-state index contributed by atoms with van der Waals surface area (Å²) in [6.07, 6.45) is 7.43. The van der Waals surface area contributed by atoms with Crippen LogP contribution in [0.2, 0.25) is 0 Å². The Hall–Kier alpha value is -2.89. The third-order valence-electron chi connectivity index (χ3n) is 3.59. The number of carbonyl (C=O) groups excluding carboxylic acids is 1. The van der Waals surface area contributed by atoms with Gasteiger partial charge in [-0.25, -0.2) is 5.43 Å². The normalized spacial score (nSPS) is 14.5. The van der Waals surface area contributed by atoms with Crippen LogP contribution in [0.1, 0.15) is 40.5 Å². The van der Waals surface area contributed by atoms with Crippen molar-refractivity contribution in [2.24, 2.45) is 5.10 Å². The Labute approximate surface area is 134 Å². The van der Waals surface area contributed by atoms with Crippen molar-refractivity contribution < 1.29 is 9.53 Å². The zero-order valence-electron chi connectivity index (χ0n) is 12.8. The number of nitrogens with one attached hydrogen (secondary N) is 2. The summed E-state index contributed by atoms with van der Waals surface area (Å²) >= 11 is 0. The number of benzene rings is 1. The smallest absolute Gasteiger partial charge is 0.291 e. The maximum Gasteiger partial charge on any atom is 0.291 e. The number of carbonyl (C=O) groups is 1. The molecule has 1 aromatic carbocycles. The van der Waals surface area contributed by atoms with Gasteiger partial charge in [0.25, 0.3) is 5.91 Å². The van der Waals surface area contributed by atoms with Gasteiger partial charge in [-0.3, -0.25) is 9.89 Å². The highest BCUT2D eigenvalue weighted by Gasteiger charge is 2.26. The van der Waals surface area contributed by atoms with Crippen molar-refractivity contribution in [1.29, 1.82) is 0 Å². The highest BCUT2D eigenvalue weighted by molar-refractivity contribution is 5.93. The SMILES string of the molecule is COc1ccccc1/C=C/C=N\NC(=O)c1cc(C2CC2)[nH]n1. The lowest BCUT2D eigenvalue weighted by molar-refractivity contribution is 0.0950. The first-order chi connectivity index (χ1) is 11.3. The minimum Gasteiger partial charge on any atom is -0.496 e. The molecular weight excluding hydrogens is 292 g/mol. The molecule has 1 saturated carbocycles. The molecule has 118 valence electrons. The number of methoxy groups -OCH3 is 1. The molecule has 1 aliphatic rings. The zero-order chi connectivity index (χ0) is 16.1. The average Bonchev–Trinajstić information content (AvgIpc) is 3.31. The van der Waals surface area contributed by atoms with E-state index in [2.05, 4.69) is 20.7 Å². The lowest BCUT2D eigenvalue weighted by Gasteiger charge is -2.02. The molecule has 1 aliphatic carbocycles. The summed E-state index contributed by atoms with van der Waals surface area (Å²) in [7, 11) is 1.63. The summed E-state index contributed by atoms with van der Waals surface area (Å²) in [5.41, 5.74) is 4.77. The molecule has 1 aromatic heterocycles. The number of amides is 1. The molecule has 0 spiro atoms. The van der Waals surface area contributed by atoms with Crippen molar-refractivity contribution in [2.75, 3.05) is 7.11 Å². The van der Waals surface area contributed by atoms with E-state index in [1.54, 1.807) is 19.3 Å². The van der Waals surface area contributed by atoms with Gasteiger partial charge in [-0.15, -0.1) is 0 Å². The summed E-state index contributed by atoms with van der Waals surface area (Å²) in [5.74, 6) is 0.997. The van der Waals surface area contributed by atoms with Crippen molar-refractivity contribution in [3.05, 3.63) is 53.4 Å². The van der Waals surface area contributed by atoms with Gasteiger partial charge < -0.3 is 4.74 Å². The first kappa shape index (κ1) is 15.0. The fourth-order valence-electron chi connectivity index (χ4n) is 2.20. The van der Waals surface area contributed by atoms with E-state index in [0.29, 0.717) is 11.6 Å². The highest BCUT2D eigenvalue weighted by atomic mass is 16.5. The lowest BCUT2D eigenvalue weighted by atomic mass is 10.2. The van der Waals surface area contributed by atoms with Crippen LogP contribution in [-0.4, -0.2) is 29.4 Å². The molecule has 0 bridgehead atoms. The second-order valence-corrected chi connectivity index (χ2v) is 5.30. The molecule has 0 radical (unpaired) electrons. The molecule has 2 aromatic rings. The quantitative estimate of drug-likeness (QED) is 0.636. The Balaban J connectivity index is 1.53. The van der Waals surface area contributed by atoms with E-state index in [-0.39, 0.29) is 5.91 Å². The first-order valence-electron chi connectivity index (χ1n) is 7.46. The van der Waals surface area contributed by atoms with Gasteiger partial charge in [0.2, 0.25) is 0 Å². The number of ether oxygens (including phenoxy) is 1. The zero-order valence-corrected chi connectivity index (χ0v) is 12.8. The van der Waals surface area contributed by atoms with Crippen LogP contribution < -0.4 is 10.2 Å². The highest BCUT2D eigenvalue weighted by Crippen LogP contribution is 2.38. The predicted octanol–water partition coefficient (Wildman–Crippen LogP) is 2.72. The topological polar surface area (TPSA) is 79.4 Å². The Morgan fingerprint density at radius 3 is 3.04 bits per heavy atom. The molecule has 3 rings (SSSR count). The van der Waals surface area contributed by atoms with E-state index >= 15 is 0 Å². The molecule has 1 heterocycles. The summed E-state index contributed by atoms with van der Waals surface area (Å²) in [5, 5.41) is 10.8. The summed E-state index contributed by atoms with van der Waals surface area (Å²) in [6.45, 7) is 0. The lowest BCUT2D eigenvalue weighted by Crippen LogP contribution is -2.17. The number of aromatic nitrogens is 2. The minimum atomic E-state index is -0.324. The summed E-state index contributed by atoms with van der Waals surface area (Å²) < 4.78 is 5.25. The van der Waals surface area contributed by atoms with E-state index in [0.717, 1.165) is 29.8 Å². The van der Waals surface area contributed by atoms with E-state index < -0.39 is 0 Å². The van der Waals surface area contributed by atoms with Crippen LogP contribution in [0.15, 0.2) is 41.5 Å². The molecule has 0 unspecified atom stereocenters. The predicted molar refractivity (Wildman–Crippen MR) is 88.5 cm³/mol. The van der Waals surface area contributed by atoms with Gasteiger partial charge in [-0.1, -0.05) is 18.2 Å². The molecule has 1 fully saturated rings. The summed E-state index contributed by atoms with van der Waals surface area (Å²) in [6, 6.07) is 9.44. The first-order valence-corrected chi connectivity index (χ1v) is 7.46. The number of hydrogen-bond donors (Lipinski definition) is 2. The molecule has 1 amide bonds. The molecular formula is C17H18N4O2. The molecule has 0 atom stereocenters. The van der Waals surface area contributed by atoms with Crippen LogP contribution in [0.5, 0.6) is 5.75 Å². The number of H-pyrrole nitrogens is 1. The Morgan fingerprint density at radius 1 is 1.43 bits per heavy atom. The van der Waals surface area contributed by atoms with Crippen LogP contribution in [0.25, 0.3) is 6.08 Å². The second kappa shape index (κ2) is 6.91. The molecule has 0 aliphatic heterocycles. The molecule has 23 heavy (non-hydrogen) atoms. The third kappa shape index (κ3) is 3.85. The average molecular weight is 310 g/mol. The standard InChI is InChI=1S/C17H18N4O2/c1-23-16-7-3-2-5-13(16)6-4-10-18-21-17(22)15-11-14(19-20-15)12-8-9-12/h2-7,10-12H,8-9H2,1H3,(H,19,20)(H,21,22)/b6-4+,18-10-. The maximum atomic E-state index is 11.9. The van der Waals surface area contributed by atoms with Crippen LogP contribution in [0.3, 0.4) is 0 Å². The Bertz CT molecular complexity index is 745. The van der Waals surface area contributed by atoms with Gasteiger partial charge in [0.05, 0.1) is 7.11 Å². The third-order valence-corrected chi connectivity index (χ3v) is 3.59. The van der Waals surface area contributed by atoms with Gasteiger partial charge >= 0.3 is 0 Å². The summed E-state index contributed by atoms with van der Waals surface area (Å²) in [4.78, 5) is 11.9. The van der Waals surface area contributed by atoms with E-state index in [1.165, 1.54) is 6.21 Å². The van der Waals surface area contributed by atoms with Crippen molar-refractivity contribution in [1.82, 2.24) is 15.6 Å². The fourth-order valence-corrected chi connectivity index (χ4v) is 2.20. The van der Waals surface area contributed by atoms with E-state index in [4.69, 9.17) is 4.74 Å². The number of hydrazone groups is 1. The van der Waals surface area contributed by atoms with Crippen molar-refractivity contribution >= 4 is 18.2 Å². The molecule has 0 saturated heterocycles. The van der Waals surface area contributed by atoms with Gasteiger partial charge in [-0.05, 0) is 37.1 Å². The van der Waals surface area contributed by atoms with Gasteiger partial charge in [0.1, 0.15) is 5.75 Å². The van der Waals surface area contributed by atoms with Crippen LogP contribution in [0.4, 0.5) is 0 Å². The van der Waals surface area contributed by atoms with E-state index in [9.17, 15) is 4.79 Å². The van der Waals surface area contributed by atoms with Gasteiger partial charge in [-0.2, -0.15) is 10.2 Å². The number of para-hydroxylation sites is 1. The number of rotatable bonds is 6. The second-order valence-electron chi connectivity index (χ2n) is 5.30.